The first-order valence-corrected chi connectivity index (χ1v) is 6.50. The van der Waals surface area contributed by atoms with E-state index < -0.39 is 7.32 Å². The van der Waals surface area contributed by atoms with Crippen LogP contribution in [-0.2, 0) is 0 Å². The van der Waals surface area contributed by atoms with Gasteiger partial charge in [0.2, 0.25) is 0 Å². The van der Waals surface area contributed by atoms with Crippen molar-refractivity contribution in [2.24, 2.45) is 0 Å². The molecule has 0 fully saturated rings. The Kier molecular flexibility index (Phi) is 6.39. The van der Waals surface area contributed by atoms with Gasteiger partial charge in [0.05, 0.1) is 0 Å². The SMILES string of the molecule is CCCN(CCC)C(=O)c1cccc(OB(O)O)c1. The lowest BCUT2D eigenvalue weighted by Gasteiger charge is -2.21. The Hall–Kier alpha value is -1.53. The molecule has 1 rings (SSSR count). The lowest BCUT2D eigenvalue weighted by Crippen LogP contribution is -2.32. The Morgan fingerprint density at radius 1 is 1.26 bits per heavy atom. The van der Waals surface area contributed by atoms with Crippen molar-refractivity contribution in [1.82, 2.24) is 4.90 Å². The van der Waals surface area contributed by atoms with Gasteiger partial charge in [-0.25, -0.2) is 0 Å². The third-order valence-electron chi connectivity index (χ3n) is 2.60. The standard InChI is InChI=1S/C13H20BNO4/c1-3-8-15(9-4-2)13(16)11-6-5-7-12(10-11)19-14(17)18/h5-7,10,17-18H,3-4,8-9H2,1-2H3. The van der Waals surface area contributed by atoms with Crippen molar-refractivity contribution in [3.63, 3.8) is 0 Å². The normalized spacial score (nSPS) is 10.1. The van der Waals surface area contributed by atoms with E-state index in [-0.39, 0.29) is 11.7 Å². The van der Waals surface area contributed by atoms with Crippen LogP contribution >= 0.6 is 0 Å². The van der Waals surface area contributed by atoms with E-state index in [1.807, 2.05) is 13.8 Å². The molecule has 19 heavy (non-hydrogen) atoms. The zero-order chi connectivity index (χ0) is 14.3. The summed E-state index contributed by atoms with van der Waals surface area (Å²) in [5.41, 5.74) is 0.486. The Bertz CT molecular complexity index is 405. The highest BCUT2D eigenvalue weighted by Gasteiger charge is 2.16. The van der Waals surface area contributed by atoms with Gasteiger partial charge in [0.1, 0.15) is 5.75 Å². The molecule has 0 unspecified atom stereocenters. The van der Waals surface area contributed by atoms with Gasteiger partial charge in [-0.1, -0.05) is 19.9 Å². The summed E-state index contributed by atoms with van der Waals surface area (Å²) in [5.74, 6) is 0.190. The molecule has 0 aromatic heterocycles. The van der Waals surface area contributed by atoms with Crippen LogP contribution in [0.25, 0.3) is 0 Å². The van der Waals surface area contributed by atoms with Crippen molar-refractivity contribution in [3.05, 3.63) is 29.8 Å². The summed E-state index contributed by atoms with van der Waals surface area (Å²) < 4.78 is 4.75. The number of amides is 1. The molecule has 0 radical (unpaired) electrons. The predicted molar refractivity (Wildman–Crippen MR) is 73.7 cm³/mol. The Morgan fingerprint density at radius 2 is 1.89 bits per heavy atom. The minimum absolute atomic E-state index is 0.0680. The summed E-state index contributed by atoms with van der Waals surface area (Å²) in [4.78, 5) is 14.1. The molecule has 0 saturated carbocycles. The maximum atomic E-state index is 12.3. The molecule has 0 aliphatic rings. The highest BCUT2D eigenvalue weighted by molar-refractivity contribution is 6.33. The van der Waals surface area contributed by atoms with Crippen LogP contribution in [0.1, 0.15) is 37.0 Å². The van der Waals surface area contributed by atoms with Gasteiger partial charge in [0, 0.05) is 18.7 Å². The summed E-state index contributed by atoms with van der Waals surface area (Å²) in [6, 6.07) is 6.43. The van der Waals surface area contributed by atoms with Gasteiger partial charge >= 0.3 is 7.32 Å². The van der Waals surface area contributed by atoms with Crippen LogP contribution in [0, 0.1) is 0 Å². The van der Waals surface area contributed by atoms with Crippen LogP contribution in [0.3, 0.4) is 0 Å². The van der Waals surface area contributed by atoms with Crippen LogP contribution < -0.4 is 4.65 Å². The van der Waals surface area contributed by atoms with Crippen molar-refractivity contribution in [2.75, 3.05) is 13.1 Å². The number of carbonyl (C=O) groups is 1. The van der Waals surface area contributed by atoms with Crippen molar-refractivity contribution < 1.29 is 19.5 Å². The van der Waals surface area contributed by atoms with E-state index >= 15 is 0 Å². The van der Waals surface area contributed by atoms with Crippen molar-refractivity contribution >= 4 is 13.2 Å². The van der Waals surface area contributed by atoms with Gasteiger partial charge in [0.15, 0.2) is 0 Å². The van der Waals surface area contributed by atoms with E-state index in [9.17, 15) is 4.79 Å². The smallest absolute Gasteiger partial charge is 0.512 e. The number of benzene rings is 1. The highest BCUT2D eigenvalue weighted by Crippen LogP contribution is 2.15. The predicted octanol–water partition coefficient (Wildman–Crippen LogP) is 1.30. The molecule has 0 atom stereocenters. The molecule has 0 spiro atoms. The topological polar surface area (TPSA) is 70.0 Å². The van der Waals surface area contributed by atoms with E-state index in [4.69, 9.17) is 14.7 Å². The molecular formula is C13H20BNO4. The minimum atomic E-state index is -1.88. The van der Waals surface area contributed by atoms with Crippen LogP contribution in [0.15, 0.2) is 24.3 Å². The molecule has 6 heteroatoms. The van der Waals surface area contributed by atoms with E-state index in [1.165, 1.54) is 6.07 Å². The van der Waals surface area contributed by atoms with Gasteiger partial charge in [0.25, 0.3) is 5.91 Å². The maximum absolute atomic E-state index is 12.3. The lowest BCUT2D eigenvalue weighted by atomic mass is 10.1. The van der Waals surface area contributed by atoms with E-state index in [0.29, 0.717) is 18.7 Å². The molecule has 2 N–H and O–H groups in total. The Morgan fingerprint density at radius 3 is 2.42 bits per heavy atom. The van der Waals surface area contributed by atoms with Crippen LogP contribution in [0.2, 0.25) is 0 Å². The second-order valence-electron chi connectivity index (χ2n) is 4.26. The Balaban J connectivity index is 2.84. The Labute approximate surface area is 114 Å². The number of hydrogen-bond acceptors (Lipinski definition) is 4. The van der Waals surface area contributed by atoms with Gasteiger partial charge in [-0.3, -0.25) is 4.79 Å². The van der Waals surface area contributed by atoms with Gasteiger partial charge in [-0.05, 0) is 31.0 Å². The monoisotopic (exact) mass is 265 g/mol. The van der Waals surface area contributed by atoms with E-state index in [0.717, 1.165) is 12.8 Å². The van der Waals surface area contributed by atoms with Crippen LogP contribution in [-0.4, -0.2) is 41.3 Å². The number of nitrogens with zero attached hydrogens (tertiary/aromatic N) is 1. The second kappa shape index (κ2) is 7.81. The fourth-order valence-electron chi connectivity index (χ4n) is 1.86. The summed E-state index contributed by atoms with van der Waals surface area (Å²) >= 11 is 0. The summed E-state index contributed by atoms with van der Waals surface area (Å²) in [7, 11) is -1.88. The molecule has 0 bridgehead atoms. The average Bonchev–Trinajstić information content (AvgIpc) is 2.37. The molecule has 5 nitrogen and oxygen atoms in total. The van der Waals surface area contributed by atoms with Crippen LogP contribution in [0.4, 0.5) is 0 Å². The molecule has 104 valence electrons. The van der Waals surface area contributed by atoms with Crippen molar-refractivity contribution in [1.29, 1.82) is 0 Å². The van der Waals surface area contributed by atoms with E-state index in [1.54, 1.807) is 23.1 Å². The van der Waals surface area contributed by atoms with Crippen LogP contribution in [0.5, 0.6) is 5.75 Å². The third kappa shape index (κ3) is 4.92. The lowest BCUT2D eigenvalue weighted by molar-refractivity contribution is 0.0755. The zero-order valence-corrected chi connectivity index (χ0v) is 11.4. The van der Waals surface area contributed by atoms with Gasteiger partial charge in [-0.15, -0.1) is 0 Å². The largest absolute Gasteiger partial charge is 0.707 e. The molecular weight excluding hydrogens is 245 g/mol. The first-order valence-electron chi connectivity index (χ1n) is 6.50. The van der Waals surface area contributed by atoms with E-state index in [2.05, 4.69) is 0 Å². The average molecular weight is 265 g/mol. The minimum Gasteiger partial charge on any atom is -0.512 e. The molecule has 0 aliphatic carbocycles. The van der Waals surface area contributed by atoms with Gasteiger partial charge < -0.3 is 19.6 Å². The quantitative estimate of drug-likeness (QED) is 0.729. The summed E-state index contributed by atoms with van der Waals surface area (Å²) in [6.07, 6.45) is 1.80. The zero-order valence-electron chi connectivity index (χ0n) is 11.4. The second-order valence-corrected chi connectivity index (χ2v) is 4.26. The highest BCUT2D eigenvalue weighted by atomic mass is 16.6. The maximum Gasteiger partial charge on any atom is 0.707 e. The van der Waals surface area contributed by atoms with Crippen molar-refractivity contribution in [2.45, 2.75) is 26.7 Å². The van der Waals surface area contributed by atoms with Crippen molar-refractivity contribution in [3.8, 4) is 5.75 Å². The molecule has 1 amide bonds. The number of carbonyl (C=O) groups excluding carboxylic acids is 1. The molecule has 0 heterocycles. The first kappa shape index (κ1) is 15.5. The first-order chi connectivity index (χ1) is 9.08. The summed E-state index contributed by atoms with van der Waals surface area (Å²) in [6.45, 7) is 5.47. The molecule has 1 aromatic carbocycles. The summed E-state index contributed by atoms with van der Waals surface area (Å²) in [5, 5.41) is 17.5. The third-order valence-corrected chi connectivity index (χ3v) is 2.60. The number of rotatable bonds is 7. The van der Waals surface area contributed by atoms with Gasteiger partial charge in [-0.2, -0.15) is 0 Å². The molecule has 0 saturated heterocycles. The molecule has 0 aliphatic heterocycles. The fraction of sp³-hybridized carbons (Fsp3) is 0.462. The number of hydrogen-bond donors (Lipinski definition) is 2. The molecule has 1 aromatic rings. The fourth-order valence-corrected chi connectivity index (χ4v) is 1.86.